The van der Waals surface area contributed by atoms with E-state index in [1.54, 1.807) is 16.7 Å². The number of fused-ring (bicyclic) bond motifs is 2. The number of hydrogen-bond donors (Lipinski definition) is 2. The molecule has 1 unspecified atom stereocenters. The van der Waals surface area contributed by atoms with E-state index in [0.717, 1.165) is 40.6 Å². The summed E-state index contributed by atoms with van der Waals surface area (Å²) in [6.07, 6.45) is 2.42. The molecule has 0 bridgehead atoms. The van der Waals surface area contributed by atoms with Gasteiger partial charge in [-0.25, -0.2) is 4.79 Å². The van der Waals surface area contributed by atoms with Gasteiger partial charge >= 0.3 is 5.69 Å². The van der Waals surface area contributed by atoms with Crippen molar-refractivity contribution in [2.24, 2.45) is 4.99 Å². The van der Waals surface area contributed by atoms with Gasteiger partial charge in [0.05, 0.1) is 22.4 Å². The van der Waals surface area contributed by atoms with Crippen LogP contribution in [0.4, 0.5) is 5.69 Å². The molecule has 178 valence electrons. The Morgan fingerprint density at radius 2 is 1.83 bits per heavy atom. The van der Waals surface area contributed by atoms with E-state index in [-0.39, 0.29) is 11.6 Å². The lowest BCUT2D eigenvalue weighted by atomic mass is 9.99. The molecule has 0 saturated carbocycles. The molecule has 0 spiro atoms. The Balaban J connectivity index is 1.62. The number of amides is 1. The Morgan fingerprint density at radius 1 is 1.03 bits per heavy atom. The minimum absolute atomic E-state index is 0.119. The fraction of sp³-hybridized carbons (Fsp3) is 0.250. The third-order valence-electron chi connectivity index (χ3n) is 6.41. The standard InChI is InChI=1S/C28H27ClN4O2/c1-3-4-13-33-25-12-9-19(15-23(25)32-28(33)35)26-21-16-20(29)10-11-22(21)31-27(34)24(30-26)14-18-7-5-17(2)6-8-18/h5-12,15-16,24H,3-4,13-14H2,1-2H3,(H,31,34)(H,32,35). The van der Waals surface area contributed by atoms with Crippen LogP contribution < -0.4 is 11.0 Å². The van der Waals surface area contributed by atoms with Gasteiger partial charge in [-0.05, 0) is 49.2 Å². The van der Waals surface area contributed by atoms with Crippen molar-refractivity contribution in [3.63, 3.8) is 0 Å². The van der Waals surface area contributed by atoms with Gasteiger partial charge in [0.25, 0.3) is 0 Å². The lowest BCUT2D eigenvalue weighted by Gasteiger charge is -2.12. The highest BCUT2D eigenvalue weighted by molar-refractivity contribution is 6.32. The number of H-pyrrole nitrogens is 1. The summed E-state index contributed by atoms with van der Waals surface area (Å²) >= 11 is 6.35. The fourth-order valence-corrected chi connectivity index (χ4v) is 4.66. The van der Waals surface area contributed by atoms with Crippen LogP contribution in [0.3, 0.4) is 0 Å². The number of hydrogen-bond acceptors (Lipinski definition) is 3. The summed E-state index contributed by atoms with van der Waals surface area (Å²) in [5, 5.41) is 3.59. The number of unbranched alkanes of at least 4 members (excludes halogenated alkanes) is 1. The zero-order valence-electron chi connectivity index (χ0n) is 19.8. The Morgan fingerprint density at radius 3 is 2.60 bits per heavy atom. The van der Waals surface area contributed by atoms with Crippen LogP contribution in [0.15, 0.2) is 70.5 Å². The van der Waals surface area contributed by atoms with E-state index < -0.39 is 6.04 Å². The van der Waals surface area contributed by atoms with E-state index in [4.69, 9.17) is 16.6 Å². The van der Waals surface area contributed by atoms with Crippen LogP contribution >= 0.6 is 11.6 Å². The predicted octanol–water partition coefficient (Wildman–Crippen LogP) is 5.49. The van der Waals surface area contributed by atoms with Crippen LogP contribution in [0.2, 0.25) is 5.02 Å². The number of carbonyl (C=O) groups excluding carboxylic acids is 1. The number of aliphatic imine (C=N–C) groups is 1. The van der Waals surface area contributed by atoms with Crippen molar-refractivity contribution in [2.75, 3.05) is 5.32 Å². The summed E-state index contributed by atoms with van der Waals surface area (Å²) in [5.41, 5.74) is 6.59. The molecule has 7 heteroatoms. The second-order valence-electron chi connectivity index (χ2n) is 9.03. The maximum absolute atomic E-state index is 13.2. The van der Waals surface area contributed by atoms with Crippen molar-refractivity contribution in [3.05, 3.63) is 98.4 Å². The molecule has 2 heterocycles. The average molecular weight is 487 g/mol. The monoisotopic (exact) mass is 486 g/mol. The number of nitrogens with one attached hydrogen (secondary N) is 2. The molecular weight excluding hydrogens is 460 g/mol. The molecule has 0 radical (unpaired) electrons. The zero-order valence-corrected chi connectivity index (χ0v) is 20.5. The van der Waals surface area contributed by atoms with Gasteiger partial charge in [-0.2, -0.15) is 0 Å². The van der Waals surface area contributed by atoms with Crippen molar-refractivity contribution in [1.29, 1.82) is 0 Å². The average Bonchev–Trinajstić information content (AvgIpc) is 3.09. The first-order chi connectivity index (χ1) is 16.9. The molecule has 1 aliphatic heterocycles. The van der Waals surface area contributed by atoms with Crippen molar-refractivity contribution in [2.45, 2.75) is 45.7 Å². The van der Waals surface area contributed by atoms with Crippen LogP contribution in [-0.2, 0) is 17.8 Å². The molecule has 2 N–H and O–H groups in total. The van der Waals surface area contributed by atoms with Gasteiger partial charge in [-0.15, -0.1) is 0 Å². The lowest BCUT2D eigenvalue weighted by Crippen LogP contribution is -2.27. The zero-order chi connectivity index (χ0) is 24.5. The number of aromatic amines is 1. The molecule has 1 amide bonds. The van der Waals surface area contributed by atoms with Gasteiger partial charge in [0, 0.05) is 29.1 Å². The summed E-state index contributed by atoms with van der Waals surface area (Å²) in [7, 11) is 0. The van der Waals surface area contributed by atoms with E-state index in [1.165, 1.54) is 5.56 Å². The molecule has 5 rings (SSSR count). The SMILES string of the molecule is CCCCn1c(=O)[nH]c2cc(C3=NC(Cc4ccc(C)cc4)C(=O)Nc4ccc(Cl)cc43)ccc21. The number of benzodiazepines with no additional fused rings is 1. The number of halogens is 1. The Labute approximate surface area is 208 Å². The van der Waals surface area contributed by atoms with E-state index in [1.807, 2.05) is 55.5 Å². The molecule has 3 aromatic carbocycles. The molecule has 1 atom stereocenters. The Bertz CT molecular complexity index is 1500. The van der Waals surface area contributed by atoms with Gasteiger partial charge in [-0.3, -0.25) is 14.4 Å². The van der Waals surface area contributed by atoms with Crippen LogP contribution in [0.5, 0.6) is 0 Å². The molecule has 6 nitrogen and oxygen atoms in total. The number of imidazole rings is 1. The number of nitrogens with zero attached hydrogens (tertiary/aromatic N) is 2. The van der Waals surface area contributed by atoms with Crippen LogP contribution in [-0.4, -0.2) is 27.2 Å². The normalized spacial score (nSPS) is 15.5. The van der Waals surface area contributed by atoms with Crippen LogP contribution in [0, 0.1) is 6.92 Å². The quantitative estimate of drug-likeness (QED) is 0.378. The third kappa shape index (κ3) is 4.66. The summed E-state index contributed by atoms with van der Waals surface area (Å²) in [6, 6.07) is 18.8. The first-order valence-corrected chi connectivity index (χ1v) is 12.3. The van der Waals surface area contributed by atoms with E-state index >= 15 is 0 Å². The molecule has 35 heavy (non-hydrogen) atoms. The Hall–Kier alpha value is -3.64. The topological polar surface area (TPSA) is 79.2 Å². The molecule has 1 aromatic heterocycles. The lowest BCUT2D eigenvalue weighted by molar-refractivity contribution is -0.117. The van der Waals surface area contributed by atoms with Gasteiger partial charge < -0.3 is 10.3 Å². The third-order valence-corrected chi connectivity index (χ3v) is 6.65. The van der Waals surface area contributed by atoms with Gasteiger partial charge in [0.1, 0.15) is 6.04 Å². The molecule has 4 aromatic rings. The maximum Gasteiger partial charge on any atom is 0.326 e. The van der Waals surface area contributed by atoms with E-state index in [0.29, 0.717) is 29.4 Å². The molecular formula is C28H27ClN4O2. The summed E-state index contributed by atoms with van der Waals surface area (Å²) in [5.74, 6) is -0.163. The number of aromatic nitrogens is 2. The summed E-state index contributed by atoms with van der Waals surface area (Å²) in [6.45, 7) is 4.81. The van der Waals surface area contributed by atoms with E-state index in [2.05, 4.69) is 17.2 Å². The van der Waals surface area contributed by atoms with Crippen LogP contribution in [0.1, 0.15) is 42.0 Å². The summed E-state index contributed by atoms with van der Waals surface area (Å²) < 4.78 is 1.77. The van der Waals surface area contributed by atoms with Crippen molar-refractivity contribution < 1.29 is 4.79 Å². The second-order valence-corrected chi connectivity index (χ2v) is 9.47. The molecule has 0 fully saturated rings. The molecule has 0 saturated heterocycles. The molecule has 1 aliphatic rings. The molecule has 0 aliphatic carbocycles. The Kier molecular flexibility index (Phi) is 6.31. The number of benzene rings is 3. The van der Waals surface area contributed by atoms with Crippen molar-refractivity contribution >= 4 is 39.9 Å². The smallest absolute Gasteiger partial charge is 0.324 e. The van der Waals surface area contributed by atoms with Gasteiger partial charge in [0.2, 0.25) is 5.91 Å². The maximum atomic E-state index is 13.2. The number of carbonyl (C=O) groups is 1. The number of aryl methyl sites for hydroxylation is 2. The second kappa shape index (κ2) is 9.55. The highest BCUT2D eigenvalue weighted by Crippen LogP contribution is 2.29. The largest absolute Gasteiger partial charge is 0.326 e. The van der Waals surface area contributed by atoms with Gasteiger partial charge in [0.15, 0.2) is 0 Å². The van der Waals surface area contributed by atoms with Crippen molar-refractivity contribution in [1.82, 2.24) is 9.55 Å². The number of rotatable bonds is 6. The predicted molar refractivity (Wildman–Crippen MR) is 142 cm³/mol. The number of anilines is 1. The van der Waals surface area contributed by atoms with E-state index in [9.17, 15) is 9.59 Å². The first kappa shape index (κ1) is 23.1. The van der Waals surface area contributed by atoms with Crippen LogP contribution in [0.25, 0.3) is 11.0 Å². The summed E-state index contributed by atoms with van der Waals surface area (Å²) in [4.78, 5) is 33.7. The first-order valence-electron chi connectivity index (χ1n) is 11.9. The minimum atomic E-state index is -0.609. The minimum Gasteiger partial charge on any atom is -0.324 e. The van der Waals surface area contributed by atoms with Crippen molar-refractivity contribution in [3.8, 4) is 0 Å². The van der Waals surface area contributed by atoms with Gasteiger partial charge in [-0.1, -0.05) is 60.8 Å². The highest BCUT2D eigenvalue weighted by atomic mass is 35.5. The highest BCUT2D eigenvalue weighted by Gasteiger charge is 2.26. The fourth-order valence-electron chi connectivity index (χ4n) is 4.49.